The fourth-order valence-electron chi connectivity index (χ4n) is 2.65. The van der Waals surface area contributed by atoms with Gasteiger partial charge in [0.15, 0.2) is 6.61 Å². The lowest BCUT2D eigenvalue weighted by atomic mass is 10.0. The highest BCUT2D eigenvalue weighted by Crippen LogP contribution is 2.25. The molecular weight excluding hydrogens is 355 g/mol. The summed E-state index contributed by atoms with van der Waals surface area (Å²) in [4.78, 5) is 36.9. The molecule has 1 saturated heterocycles. The Bertz CT molecular complexity index is 631. The van der Waals surface area contributed by atoms with Crippen LogP contribution in [0.4, 0.5) is 0 Å². The molecule has 0 aromatic heterocycles. The van der Waals surface area contributed by atoms with Crippen molar-refractivity contribution >= 4 is 41.0 Å². The molecule has 1 heterocycles. The Balaban J connectivity index is 1.91. The van der Waals surface area contributed by atoms with E-state index in [0.29, 0.717) is 28.6 Å². The van der Waals surface area contributed by atoms with Crippen LogP contribution in [0.15, 0.2) is 18.2 Å². The maximum atomic E-state index is 12.2. The summed E-state index contributed by atoms with van der Waals surface area (Å²) in [6, 6.07) is 4.27. The van der Waals surface area contributed by atoms with E-state index in [1.807, 2.05) is 0 Å². The van der Waals surface area contributed by atoms with Gasteiger partial charge in [-0.15, -0.1) is 0 Å². The van der Waals surface area contributed by atoms with Crippen molar-refractivity contribution in [2.45, 2.75) is 31.7 Å². The number of nitrogens with zero attached hydrogens (tertiary/aromatic N) is 1. The zero-order chi connectivity index (χ0) is 17.7. The zero-order valence-corrected chi connectivity index (χ0v) is 14.5. The van der Waals surface area contributed by atoms with Gasteiger partial charge >= 0.3 is 5.97 Å². The zero-order valence-electron chi connectivity index (χ0n) is 13.0. The van der Waals surface area contributed by atoms with Crippen molar-refractivity contribution in [3.63, 3.8) is 0 Å². The Kier molecular flexibility index (Phi) is 6.45. The van der Waals surface area contributed by atoms with Gasteiger partial charge in [0.1, 0.15) is 6.04 Å². The molecule has 0 unspecified atom stereocenters. The number of hydrogen-bond acceptors (Lipinski definition) is 4. The van der Waals surface area contributed by atoms with Gasteiger partial charge in [0, 0.05) is 22.2 Å². The van der Waals surface area contributed by atoms with Gasteiger partial charge < -0.3 is 15.4 Å². The molecule has 2 rings (SSSR count). The van der Waals surface area contributed by atoms with Crippen LogP contribution in [0.1, 0.15) is 24.8 Å². The second kappa shape index (κ2) is 8.35. The molecule has 1 fully saturated rings. The molecule has 0 aliphatic carbocycles. The number of primary amides is 1. The number of piperidine rings is 1. The molecule has 2 amide bonds. The second-order valence-electron chi connectivity index (χ2n) is 5.54. The smallest absolute Gasteiger partial charge is 0.310 e. The highest BCUT2D eigenvalue weighted by molar-refractivity contribution is 6.36. The number of rotatable bonds is 5. The van der Waals surface area contributed by atoms with Crippen LogP contribution in [0, 0.1) is 0 Å². The summed E-state index contributed by atoms with van der Waals surface area (Å²) in [6.07, 6.45) is 2.02. The molecule has 130 valence electrons. The summed E-state index contributed by atoms with van der Waals surface area (Å²) in [7, 11) is 0. The monoisotopic (exact) mass is 372 g/mol. The van der Waals surface area contributed by atoms with Crippen LogP contribution in [-0.2, 0) is 25.5 Å². The number of likely N-dealkylation sites (tertiary alicyclic amines) is 1. The van der Waals surface area contributed by atoms with E-state index in [1.54, 1.807) is 18.2 Å². The van der Waals surface area contributed by atoms with Crippen molar-refractivity contribution in [2.75, 3.05) is 13.2 Å². The van der Waals surface area contributed by atoms with Crippen molar-refractivity contribution in [2.24, 2.45) is 5.73 Å². The first-order chi connectivity index (χ1) is 11.4. The van der Waals surface area contributed by atoms with Crippen molar-refractivity contribution in [1.29, 1.82) is 0 Å². The quantitative estimate of drug-likeness (QED) is 0.799. The molecule has 8 heteroatoms. The van der Waals surface area contributed by atoms with Gasteiger partial charge in [-0.1, -0.05) is 29.3 Å². The summed E-state index contributed by atoms with van der Waals surface area (Å²) >= 11 is 12.0. The van der Waals surface area contributed by atoms with Crippen LogP contribution in [0.2, 0.25) is 10.0 Å². The minimum Gasteiger partial charge on any atom is -0.455 e. The Morgan fingerprint density at radius 2 is 1.88 bits per heavy atom. The fraction of sp³-hybridized carbons (Fsp3) is 0.438. The molecule has 1 atom stereocenters. The third kappa shape index (κ3) is 4.61. The van der Waals surface area contributed by atoms with Gasteiger partial charge in [0.25, 0.3) is 5.91 Å². The van der Waals surface area contributed by atoms with Crippen LogP contribution in [0.5, 0.6) is 0 Å². The van der Waals surface area contributed by atoms with Gasteiger partial charge in [-0.2, -0.15) is 0 Å². The van der Waals surface area contributed by atoms with Gasteiger partial charge in [-0.05, 0) is 31.4 Å². The standard InChI is InChI=1S/C16H18Cl2N2O4/c17-11-4-3-5-12(18)10(11)8-15(22)24-9-14(21)20-7-2-1-6-13(20)16(19)23/h3-5,13H,1-2,6-9H2,(H2,19,23)/t13-/m1/s1. The first kappa shape index (κ1) is 18.5. The number of benzene rings is 1. The number of ether oxygens (including phenoxy) is 1. The highest BCUT2D eigenvalue weighted by Gasteiger charge is 2.31. The lowest BCUT2D eigenvalue weighted by Gasteiger charge is -2.33. The molecular formula is C16H18Cl2N2O4. The average Bonchev–Trinajstić information content (AvgIpc) is 2.56. The van der Waals surface area contributed by atoms with Crippen molar-refractivity contribution < 1.29 is 19.1 Å². The Morgan fingerprint density at radius 3 is 2.50 bits per heavy atom. The Morgan fingerprint density at radius 1 is 1.21 bits per heavy atom. The molecule has 2 N–H and O–H groups in total. The minimum atomic E-state index is -0.636. The largest absolute Gasteiger partial charge is 0.455 e. The SMILES string of the molecule is NC(=O)[C@H]1CCCCN1C(=O)COC(=O)Cc1c(Cl)cccc1Cl. The first-order valence-corrected chi connectivity index (χ1v) is 8.33. The van der Waals surface area contributed by atoms with E-state index in [9.17, 15) is 14.4 Å². The van der Waals surface area contributed by atoms with Crippen molar-refractivity contribution in [3.8, 4) is 0 Å². The summed E-state index contributed by atoms with van der Waals surface area (Å²) in [5.74, 6) is -1.60. The van der Waals surface area contributed by atoms with Gasteiger partial charge in [-0.25, -0.2) is 0 Å². The molecule has 0 radical (unpaired) electrons. The van der Waals surface area contributed by atoms with Crippen LogP contribution in [0.25, 0.3) is 0 Å². The van der Waals surface area contributed by atoms with Crippen LogP contribution < -0.4 is 5.73 Å². The fourth-order valence-corrected chi connectivity index (χ4v) is 3.18. The molecule has 1 aliphatic heterocycles. The second-order valence-corrected chi connectivity index (χ2v) is 6.35. The van der Waals surface area contributed by atoms with E-state index in [0.717, 1.165) is 12.8 Å². The van der Waals surface area contributed by atoms with Crippen LogP contribution >= 0.6 is 23.2 Å². The number of amides is 2. The van der Waals surface area contributed by atoms with Crippen LogP contribution in [-0.4, -0.2) is 41.9 Å². The lowest BCUT2D eigenvalue weighted by Crippen LogP contribution is -2.51. The third-order valence-electron chi connectivity index (χ3n) is 3.89. The summed E-state index contributed by atoms with van der Waals surface area (Å²) in [6.45, 7) is -0.00891. The van der Waals surface area contributed by atoms with E-state index in [4.69, 9.17) is 33.7 Å². The Labute approximate surface area is 149 Å². The first-order valence-electron chi connectivity index (χ1n) is 7.57. The normalized spacial score (nSPS) is 17.4. The number of carbonyl (C=O) groups is 3. The number of esters is 1. The van der Waals surface area contributed by atoms with E-state index in [2.05, 4.69) is 0 Å². The Hall–Kier alpha value is -1.79. The van der Waals surface area contributed by atoms with E-state index >= 15 is 0 Å². The summed E-state index contributed by atoms with van der Waals surface area (Å²) in [5, 5.41) is 0.714. The molecule has 0 saturated carbocycles. The number of carbonyl (C=O) groups excluding carboxylic acids is 3. The average molecular weight is 373 g/mol. The van der Waals surface area contributed by atoms with E-state index < -0.39 is 30.4 Å². The van der Waals surface area contributed by atoms with Crippen molar-refractivity contribution in [1.82, 2.24) is 4.90 Å². The van der Waals surface area contributed by atoms with Gasteiger partial charge in [-0.3, -0.25) is 14.4 Å². The minimum absolute atomic E-state index is 0.134. The number of hydrogen-bond donors (Lipinski definition) is 1. The maximum Gasteiger partial charge on any atom is 0.310 e. The lowest BCUT2D eigenvalue weighted by molar-refractivity contribution is -0.154. The predicted molar refractivity (Wildman–Crippen MR) is 89.7 cm³/mol. The van der Waals surface area contributed by atoms with E-state index in [1.165, 1.54) is 4.90 Å². The summed E-state index contributed by atoms with van der Waals surface area (Å²) in [5.41, 5.74) is 5.77. The van der Waals surface area contributed by atoms with Gasteiger partial charge in [0.05, 0.1) is 6.42 Å². The number of nitrogens with two attached hydrogens (primary N) is 1. The molecule has 1 aromatic carbocycles. The van der Waals surface area contributed by atoms with E-state index in [-0.39, 0.29) is 6.42 Å². The topological polar surface area (TPSA) is 89.7 Å². The third-order valence-corrected chi connectivity index (χ3v) is 4.60. The van der Waals surface area contributed by atoms with Crippen LogP contribution in [0.3, 0.4) is 0 Å². The summed E-state index contributed by atoms with van der Waals surface area (Å²) < 4.78 is 5.00. The molecule has 6 nitrogen and oxygen atoms in total. The molecule has 1 aromatic rings. The highest BCUT2D eigenvalue weighted by atomic mass is 35.5. The van der Waals surface area contributed by atoms with Gasteiger partial charge in [0.2, 0.25) is 5.91 Å². The number of halogens is 2. The maximum absolute atomic E-state index is 12.2. The molecule has 24 heavy (non-hydrogen) atoms. The molecule has 0 bridgehead atoms. The molecule has 0 spiro atoms. The predicted octanol–water partition coefficient (Wildman–Crippen LogP) is 1.95. The molecule has 1 aliphatic rings. The van der Waals surface area contributed by atoms with Crippen molar-refractivity contribution in [3.05, 3.63) is 33.8 Å².